The number of rotatable bonds is 3. The summed E-state index contributed by atoms with van der Waals surface area (Å²) in [4.78, 5) is 9.02. The van der Waals surface area contributed by atoms with Gasteiger partial charge in [0.05, 0.1) is 11.5 Å². The van der Waals surface area contributed by atoms with Crippen molar-refractivity contribution in [1.82, 2.24) is 20.1 Å². The van der Waals surface area contributed by atoms with E-state index in [2.05, 4.69) is 25.0 Å². The number of hydrogen-bond donors (Lipinski definition) is 0. The maximum atomic E-state index is 11.6. The van der Waals surface area contributed by atoms with Crippen LogP contribution in [0.2, 0.25) is 0 Å². The van der Waals surface area contributed by atoms with Crippen LogP contribution in [0.4, 0.5) is 5.13 Å². The van der Waals surface area contributed by atoms with Crippen molar-refractivity contribution in [2.45, 2.75) is 18.9 Å². The van der Waals surface area contributed by atoms with Crippen molar-refractivity contribution in [3.63, 3.8) is 0 Å². The predicted octanol–water partition coefficient (Wildman–Crippen LogP) is 1.30. The van der Waals surface area contributed by atoms with E-state index in [1.165, 1.54) is 0 Å². The van der Waals surface area contributed by atoms with Crippen molar-refractivity contribution >= 4 is 26.3 Å². The molecule has 4 heterocycles. The fraction of sp³-hybridized carbons (Fsp3) is 0.562. The molecule has 0 bridgehead atoms. The molecule has 2 fully saturated rings. The Hall–Kier alpha value is -1.58. The highest BCUT2D eigenvalue weighted by Crippen LogP contribution is 2.28. The Morgan fingerprint density at radius 1 is 1.04 bits per heavy atom. The molecule has 0 spiro atoms. The second-order valence-corrected chi connectivity index (χ2v) is 9.77. The smallest absolute Gasteiger partial charge is 0.208 e. The summed E-state index contributed by atoms with van der Waals surface area (Å²) in [5.41, 5.74) is 0.855. The summed E-state index contributed by atoms with van der Waals surface area (Å²) in [5, 5.41) is 10.4. The first-order valence-corrected chi connectivity index (χ1v) is 11.2. The van der Waals surface area contributed by atoms with Crippen LogP contribution in [-0.4, -0.2) is 72.2 Å². The molecule has 7 nitrogen and oxygen atoms in total. The number of anilines is 1. The number of sulfone groups is 1. The lowest BCUT2D eigenvalue weighted by Gasteiger charge is -2.40. The Kier molecular flexibility index (Phi) is 4.70. The van der Waals surface area contributed by atoms with Gasteiger partial charge in [0.1, 0.15) is 15.5 Å². The molecule has 0 aromatic carbocycles. The van der Waals surface area contributed by atoms with Crippen molar-refractivity contribution in [3.05, 3.63) is 24.4 Å². The maximum Gasteiger partial charge on any atom is 0.208 e. The zero-order valence-corrected chi connectivity index (χ0v) is 15.5. The van der Waals surface area contributed by atoms with Crippen LogP contribution in [0.3, 0.4) is 0 Å². The fourth-order valence-corrected chi connectivity index (χ4v) is 5.80. The summed E-state index contributed by atoms with van der Waals surface area (Å²) >= 11 is 1.57. The molecule has 4 rings (SSSR count). The van der Waals surface area contributed by atoms with Gasteiger partial charge in [-0.3, -0.25) is 9.88 Å². The lowest BCUT2D eigenvalue weighted by Crippen LogP contribution is -2.52. The van der Waals surface area contributed by atoms with Crippen LogP contribution in [0.15, 0.2) is 24.4 Å². The van der Waals surface area contributed by atoms with Crippen molar-refractivity contribution in [2.75, 3.05) is 42.6 Å². The molecular formula is C16H21N5O2S2. The minimum absolute atomic E-state index is 0.335. The average Bonchev–Trinajstić information content (AvgIpc) is 3.13. The second kappa shape index (κ2) is 6.97. The number of pyridine rings is 1. The minimum Gasteiger partial charge on any atom is -0.344 e. The second-order valence-electron chi connectivity index (χ2n) is 6.51. The van der Waals surface area contributed by atoms with Crippen LogP contribution in [0.25, 0.3) is 10.7 Å². The van der Waals surface area contributed by atoms with Gasteiger partial charge in [0.2, 0.25) is 5.13 Å². The number of piperazine rings is 1. The van der Waals surface area contributed by atoms with Crippen molar-refractivity contribution in [3.8, 4) is 10.7 Å². The first-order chi connectivity index (χ1) is 12.1. The Labute approximate surface area is 151 Å². The third kappa shape index (κ3) is 3.83. The first kappa shape index (κ1) is 16.9. The summed E-state index contributed by atoms with van der Waals surface area (Å²) in [6, 6.07) is 6.19. The van der Waals surface area contributed by atoms with Crippen molar-refractivity contribution in [1.29, 1.82) is 0 Å². The molecule has 0 amide bonds. The summed E-state index contributed by atoms with van der Waals surface area (Å²) in [5.74, 6) is 0.670. The number of hydrogen-bond acceptors (Lipinski definition) is 8. The van der Waals surface area contributed by atoms with Gasteiger partial charge >= 0.3 is 0 Å². The van der Waals surface area contributed by atoms with Crippen LogP contribution in [0, 0.1) is 0 Å². The highest BCUT2D eigenvalue weighted by molar-refractivity contribution is 7.91. The predicted molar refractivity (Wildman–Crippen MR) is 98.6 cm³/mol. The molecular weight excluding hydrogens is 358 g/mol. The van der Waals surface area contributed by atoms with Gasteiger partial charge in [0.15, 0.2) is 5.01 Å². The Bertz CT molecular complexity index is 802. The van der Waals surface area contributed by atoms with Gasteiger partial charge in [-0.25, -0.2) is 8.42 Å². The molecule has 2 aliphatic heterocycles. The van der Waals surface area contributed by atoms with E-state index in [1.807, 2.05) is 18.2 Å². The summed E-state index contributed by atoms with van der Waals surface area (Å²) in [6.07, 6.45) is 3.30. The zero-order valence-electron chi connectivity index (χ0n) is 13.9. The largest absolute Gasteiger partial charge is 0.344 e. The van der Waals surface area contributed by atoms with Gasteiger partial charge in [-0.05, 0) is 25.0 Å². The van der Waals surface area contributed by atoms with Crippen molar-refractivity contribution < 1.29 is 8.42 Å². The zero-order chi connectivity index (χ0) is 17.3. The Morgan fingerprint density at radius 3 is 2.48 bits per heavy atom. The van der Waals surface area contributed by atoms with E-state index >= 15 is 0 Å². The van der Waals surface area contributed by atoms with Crippen molar-refractivity contribution in [2.24, 2.45) is 0 Å². The topological polar surface area (TPSA) is 79.3 Å². The summed E-state index contributed by atoms with van der Waals surface area (Å²) < 4.78 is 23.2. The standard InChI is InChI=1S/C16H21N5O2S2/c22-25(23)11-4-13(5-12-25)20-7-9-21(10-8-20)16-19-18-15(24-16)14-3-1-2-6-17-14/h1-3,6,13H,4-5,7-12H2. The van der Waals surface area contributed by atoms with Crippen LogP contribution in [-0.2, 0) is 9.84 Å². The monoisotopic (exact) mass is 379 g/mol. The average molecular weight is 380 g/mol. The quantitative estimate of drug-likeness (QED) is 0.795. The lowest BCUT2D eigenvalue weighted by molar-refractivity contribution is 0.173. The molecule has 2 aromatic rings. The van der Waals surface area contributed by atoms with E-state index < -0.39 is 9.84 Å². The molecule has 25 heavy (non-hydrogen) atoms. The van der Waals surface area contributed by atoms with Gasteiger partial charge < -0.3 is 4.90 Å². The number of aromatic nitrogens is 3. The van der Waals surface area contributed by atoms with Crippen LogP contribution >= 0.6 is 11.3 Å². The van der Waals surface area contributed by atoms with Crippen LogP contribution < -0.4 is 4.90 Å². The highest BCUT2D eigenvalue weighted by Gasteiger charge is 2.30. The van der Waals surface area contributed by atoms with E-state index in [0.29, 0.717) is 17.5 Å². The van der Waals surface area contributed by atoms with E-state index in [4.69, 9.17) is 0 Å². The molecule has 2 aromatic heterocycles. The fourth-order valence-electron chi connectivity index (χ4n) is 3.46. The highest BCUT2D eigenvalue weighted by atomic mass is 32.2. The summed E-state index contributed by atoms with van der Waals surface area (Å²) in [7, 11) is -2.79. The molecule has 9 heteroatoms. The molecule has 2 aliphatic rings. The van der Waals surface area contributed by atoms with E-state index in [9.17, 15) is 8.42 Å². The molecule has 134 valence electrons. The molecule has 0 N–H and O–H groups in total. The SMILES string of the molecule is O=S1(=O)CCC(N2CCN(c3nnc(-c4ccccn4)s3)CC2)CC1. The normalized spacial score (nSPS) is 22.2. The third-order valence-electron chi connectivity index (χ3n) is 4.92. The molecule has 2 saturated heterocycles. The maximum absolute atomic E-state index is 11.6. The number of nitrogens with zero attached hydrogens (tertiary/aromatic N) is 5. The van der Waals surface area contributed by atoms with Crippen LogP contribution in [0.1, 0.15) is 12.8 Å². The Morgan fingerprint density at radius 2 is 1.80 bits per heavy atom. The molecule has 0 aliphatic carbocycles. The van der Waals surface area contributed by atoms with Gasteiger partial charge in [-0.15, -0.1) is 10.2 Å². The molecule has 0 unspecified atom stereocenters. The van der Waals surface area contributed by atoms with E-state index in [0.717, 1.165) is 54.9 Å². The molecule has 0 radical (unpaired) electrons. The third-order valence-corrected chi connectivity index (χ3v) is 7.65. The summed E-state index contributed by atoms with van der Waals surface area (Å²) in [6.45, 7) is 3.70. The van der Waals surface area contributed by atoms with Crippen LogP contribution in [0.5, 0.6) is 0 Å². The van der Waals surface area contributed by atoms with E-state index in [1.54, 1.807) is 17.5 Å². The van der Waals surface area contributed by atoms with E-state index in [-0.39, 0.29) is 0 Å². The Balaban J connectivity index is 1.36. The van der Waals surface area contributed by atoms with Gasteiger partial charge in [0.25, 0.3) is 0 Å². The molecule has 0 atom stereocenters. The van der Waals surface area contributed by atoms with Gasteiger partial charge in [0, 0.05) is 38.4 Å². The molecule has 0 saturated carbocycles. The first-order valence-electron chi connectivity index (χ1n) is 8.55. The lowest BCUT2D eigenvalue weighted by atomic mass is 10.1. The van der Waals surface area contributed by atoms with Gasteiger partial charge in [-0.1, -0.05) is 17.4 Å². The van der Waals surface area contributed by atoms with Gasteiger partial charge in [-0.2, -0.15) is 0 Å². The minimum atomic E-state index is -2.79.